The third-order valence-electron chi connectivity index (χ3n) is 6.02. The maximum absolute atomic E-state index is 13.9. The van der Waals surface area contributed by atoms with Gasteiger partial charge in [0.1, 0.15) is 5.82 Å². The minimum atomic E-state index is -0.142. The summed E-state index contributed by atoms with van der Waals surface area (Å²) >= 11 is 1.73. The molecule has 0 spiro atoms. The van der Waals surface area contributed by atoms with Crippen molar-refractivity contribution in [2.24, 2.45) is 0 Å². The summed E-state index contributed by atoms with van der Waals surface area (Å²) in [4.78, 5) is 7.53. The maximum atomic E-state index is 13.9. The van der Waals surface area contributed by atoms with E-state index in [9.17, 15) is 4.39 Å². The van der Waals surface area contributed by atoms with Crippen LogP contribution in [0.1, 0.15) is 49.4 Å². The summed E-state index contributed by atoms with van der Waals surface area (Å²) in [6, 6.07) is 12.6. The number of hydrogen-bond acceptors (Lipinski definition) is 3. The van der Waals surface area contributed by atoms with Crippen molar-refractivity contribution in [3.63, 3.8) is 0 Å². The van der Waals surface area contributed by atoms with E-state index in [4.69, 9.17) is 0 Å². The van der Waals surface area contributed by atoms with Gasteiger partial charge in [-0.3, -0.25) is 4.90 Å². The molecule has 0 aliphatic carbocycles. The number of fused-ring (bicyclic) bond motifs is 2. The molecule has 0 N–H and O–H groups in total. The molecule has 144 valence electrons. The summed E-state index contributed by atoms with van der Waals surface area (Å²) in [5.74, 6) is 0.373. The molecule has 2 aromatic carbocycles. The van der Waals surface area contributed by atoms with Crippen LogP contribution in [-0.4, -0.2) is 42.5 Å². The molecule has 27 heavy (non-hydrogen) atoms. The Morgan fingerprint density at radius 2 is 1.81 bits per heavy atom. The Morgan fingerprint density at radius 1 is 1.04 bits per heavy atom. The number of benzene rings is 2. The van der Waals surface area contributed by atoms with E-state index in [0.717, 1.165) is 44.0 Å². The van der Waals surface area contributed by atoms with Gasteiger partial charge in [0.15, 0.2) is 0 Å². The van der Waals surface area contributed by atoms with E-state index in [-0.39, 0.29) is 5.82 Å². The fraction of sp³-hybridized carbons (Fsp3) is 0.478. The first-order valence-electron chi connectivity index (χ1n) is 10.1. The molecule has 0 bridgehead atoms. The first-order chi connectivity index (χ1) is 13.0. The minimum Gasteiger partial charge on any atom is -0.301 e. The average Bonchev–Trinajstić information content (AvgIpc) is 2.83. The molecule has 2 heterocycles. The Morgan fingerprint density at radius 3 is 2.52 bits per heavy atom. The zero-order valence-corrected chi connectivity index (χ0v) is 17.4. The predicted octanol–water partition coefficient (Wildman–Crippen LogP) is 5.34. The molecule has 0 saturated carbocycles. The summed E-state index contributed by atoms with van der Waals surface area (Å²) in [6.45, 7) is 12.4. The van der Waals surface area contributed by atoms with Crippen LogP contribution in [0.25, 0.3) is 0 Å². The van der Waals surface area contributed by atoms with Crippen LogP contribution in [0.3, 0.4) is 0 Å². The van der Waals surface area contributed by atoms with Gasteiger partial charge in [-0.2, -0.15) is 0 Å². The molecule has 4 rings (SSSR count). The van der Waals surface area contributed by atoms with Crippen molar-refractivity contribution in [2.45, 2.75) is 48.9 Å². The molecular weight excluding hydrogens is 355 g/mol. The Bertz CT molecular complexity index is 812. The van der Waals surface area contributed by atoms with Crippen molar-refractivity contribution in [2.75, 3.05) is 32.7 Å². The summed E-state index contributed by atoms with van der Waals surface area (Å²) in [6.07, 6.45) is 0.962. The van der Waals surface area contributed by atoms with Gasteiger partial charge < -0.3 is 4.90 Å². The highest BCUT2D eigenvalue weighted by Gasteiger charge is 2.30. The number of nitrogens with zero attached hydrogens (tertiary/aromatic N) is 2. The fourth-order valence-electron chi connectivity index (χ4n) is 4.23. The van der Waals surface area contributed by atoms with Crippen LogP contribution in [-0.2, 0) is 6.42 Å². The van der Waals surface area contributed by atoms with Crippen LogP contribution in [0.2, 0.25) is 0 Å². The van der Waals surface area contributed by atoms with Gasteiger partial charge in [-0.15, -0.1) is 0 Å². The Kier molecular flexibility index (Phi) is 5.58. The third kappa shape index (κ3) is 3.94. The highest BCUT2D eigenvalue weighted by Crippen LogP contribution is 2.44. The Balaban J connectivity index is 1.74. The topological polar surface area (TPSA) is 6.48 Å². The molecule has 1 fully saturated rings. The third-order valence-corrected chi connectivity index (χ3v) is 7.21. The van der Waals surface area contributed by atoms with Gasteiger partial charge in [0.2, 0.25) is 0 Å². The second kappa shape index (κ2) is 7.94. The van der Waals surface area contributed by atoms with Gasteiger partial charge in [-0.25, -0.2) is 4.39 Å². The molecule has 2 aromatic rings. The first kappa shape index (κ1) is 19.0. The lowest BCUT2D eigenvalue weighted by atomic mass is 9.93. The average molecular weight is 385 g/mol. The zero-order valence-electron chi connectivity index (χ0n) is 16.5. The highest BCUT2D eigenvalue weighted by molar-refractivity contribution is 7.99. The second-order valence-corrected chi connectivity index (χ2v) is 9.08. The summed E-state index contributed by atoms with van der Waals surface area (Å²) < 4.78 is 13.9. The van der Waals surface area contributed by atoms with Crippen molar-refractivity contribution >= 4 is 11.8 Å². The molecule has 0 radical (unpaired) electrons. The van der Waals surface area contributed by atoms with E-state index >= 15 is 0 Å². The van der Waals surface area contributed by atoms with Crippen LogP contribution in [0, 0.1) is 5.82 Å². The van der Waals surface area contributed by atoms with Crippen molar-refractivity contribution in [3.05, 3.63) is 58.9 Å². The number of halogens is 1. The molecule has 0 unspecified atom stereocenters. The zero-order chi connectivity index (χ0) is 19.0. The predicted molar refractivity (Wildman–Crippen MR) is 111 cm³/mol. The lowest BCUT2D eigenvalue weighted by Gasteiger charge is -2.39. The van der Waals surface area contributed by atoms with Crippen molar-refractivity contribution in [3.8, 4) is 0 Å². The van der Waals surface area contributed by atoms with Crippen molar-refractivity contribution < 1.29 is 4.39 Å². The van der Waals surface area contributed by atoms with Gasteiger partial charge >= 0.3 is 0 Å². The fourth-order valence-corrected chi connectivity index (χ4v) is 5.36. The van der Waals surface area contributed by atoms with Crippen LogP contribution in [0.5, 0.6) is 0 Å². The number of hydrogen-bond donors (Lipinski definition) is 0. The molecule has 2 aliphatic heterocycles. The molecule has 1 saturated heterocycles. The molecule has 1 atom stereocenters. The van der Waals surface area contributed by atoms with E-state index in [1.54, 1.807) is 23.9 Å². The Labute approximate surface area is 166 Å². The molecule has 2 nitrogen and oxygen atoms in total. The quantitative estimate of drug-likeness (QED) is 0.706. The van der Waals surface area contributed by atoms with Crippen LogP contribution in [0.15, 0.2) is 46.2 Å². The van der Waals surface area contributed by atoms with E-state index in [1.165, 1.54) is 21.6 Å². The van der Waals surface area contributed by atoms with Crippen LogP contribution >= 0.6 is 11.8 Å². The number of likely N-dealkylation sites (N-methyl/N-ethyl adjacent to an activating group) is 1. The lowest BCUT2D eigenvalue weighted by Crippen LogP contribution is -2.47. The van der Waals surface area contributed by atoms with Gasteiger partial charge in [0.05, 0.1) is 0 Å². The maximum Gasteiger partial charge on any atom is 0.124 e. The monoisotopic (exact) mass is 384 g/mol. The standard InChI is InChI=1S/C23H29FN2S/c1-4-25-9-11-26(12-10-25)21-14-18-5-7-19(24)15-23(18)27-22-8-6-17(16(2)3)13-20(21)22/h5-8,13,15-16,21H,4,9-12,14H2,1-3H3/t21-/m1/s1. The summed E-state index contributed by atoms with van der Waals surface area (Å²) in [7, 11) is 0. The second-order valence-electron chi connectivity index (χ2n) is 8.00. The van der Waals surface area contributed by atoms with Crippen LogP contribution in [0.4, 0.5) is 4.39 Å². The van der Waals surface area contributed by atoms with E-state index < -0.39 is 0 Å². The minimum absolute atomic E-state index is 0.142. The SMILES string of the molecule is CCN1CCN([C@@H]2Cc3ccc(F)cc3Sc3ccc(C(C)C)cc32)CC1. The van der Waals surface area contributed by atoms with E-state index in [0.29, 0.717) is 12.0 Å². The highest BCUT2D eigenvalue weighted by atomic mass is 32.2. The molecule has 0 aromatic heterocycles. The van der Waals surface area contributed by atoms with Gasteiger partial charge in [0, 0.05) is 42.0 Å². The normalized spacial score (nSPS) is 21.0. The summed E-state index contributed by atoms with van der Waals surface area (Å²) in [5, 5.41) is 0. The van der Waals surface area contributed by atoms with E-state index in [2.05, 4.69) is 48.8 Å². The molecule has 2 aliphatic rings. The molecule has 4 heteroatoms. The number of rotatable bonds is 3. The van der Waals surface area contributed by atoms with Gasteiger partial charge in [-0.05, 0) is 53.8 Å². The smallest absolute Gasteiger partial charge is 0.124 e. The van der Waals surface area contributed by atoms with Crippen LogP contribution < -0.4 is 0 Å². The van der Waals surface area contributed by atoms with Crippen molar-refractivity contribution in [1.29, 1.82) is 0 Å². The van der Waals surface area contributed by atoms with Gasteiger partial charge in [0.25, 0.3) is 0 Å². The summed E-state index contributed by atoms with van der Waals surface area (Å²) in [5.41, 5.74) is 4.09. The Hall–Kier alpha value is -1.36. The van der Waals surface area contributed by atoms with Gasteiger partial charge in [-0.1, -0.05) is 50.7 Å². The molecule has 0 amide bonds. The number of piperazine rings is 1. The van der Waals surface area contributed by atoms with Crippen molar-refractivity contribution in [1.82, 2.24) is 9.80 Å². The van der Waals surface area contributed by atoms with E-state index in [1.807, 2.05) is 6.07 Å². The molecular formula is C23H29FN2S. The lowest BCUT2D eigenvalue weighted by molar-refractivity contribution is 0.0977. The first-order valence-corrected chi connectivity index (χ1v) is 10.9. The largest absolute Gasteiger partial charge is 0.301 e.